The largest absolute Gasteiger partial charge is 0.447 e. The van der Waals surface area contributed by atoms with Crippen molar-refractivity contribution in [2.45, 2.75) is 56.0 Å². The summed E-state index contributed by atoms with van der Waals surface area (Å²) in [5.74, 6) is 0.304. The number of hydrogen-bond donors (Lipinski definition) is 0. The molecule has 30 heavy (non-hydrogen) atoms. The van der Waals surface area contributed by atoms with Crippen molar-refractivity contribution in [1.29, 1.82) is 0 Å². The predicted octanol–water partition coefficient (Wildman–Crippen LogP) is 3.13. The molecule has 8 heteroatoms. The van der Waals surface area contributed by atoms with Crippen molar-refractivity contribution in [3.05, 3.63) is 24.3 Å². The van der Waals surface area contributed by atoms with Crippen LogP contribution in [0.2, 0.25) is 0 Å². The van der Waals surface area contributed by atoms with Gasteiger partial charge in [0.15, 0.2) is 0 Å². The first-order chi connectivity index (χ1) is 14.6. The molecule has 3 heterocycles. The molecule has 1 aromatic rings. The summed E-state index contributed by atoms with van der Waals surface area (Å²) in [4.78, 5) is 44.0. The number of anilines is 1. The molecular weight excluding hydrogens is 402 g/mol. The fourth-order valence-electron chi connectivity index (χ4n) is 4.54. The molecule has 2 saturated heterocycles. The van der Waals surface area contributed by atoms with E-state index in [0.29, 0.717) is 25.4 Å². The summed E-state index contributed by atoms with van der Waals surface area (Å²) in [5, 5.41) is 0. The van der Waals surface area contributed by atoms with Gasteiger partial charge in [0.1, 0.15) is 13.2 Å². The molecule has 162 valence electrons. The summed E-state index contributed by atoms with van der Waals surface area (Å²) < 4.78 is 5.31. The predicted molar refractivity (Wildman–Crippen MR) is 116 cm³/mol. The first kappa shape index (κ1) is 21.0. The monoisotopic (exact) mass is 431 g/mol. The zero-order chi connectivity index (χ0) is 21.1. The Hall–Kier alpha value is -2.22. The van der Waals surface area contributed by atoms with Crippen molar-refractivity contribution in [3.8, 4) is 0 Å². The first-order valence-corrected chi connectivity index (χ1v) is 11.8. The molecular formula is C22H29N3O4S. The molecule has 0 N–H and O–H groups in total. The Morgan fingerprint density at radius 2 is 1.97 bits per heavy atom. The number of nitrogens with zero attached hydrogens (tertiary/aromatic N) is 3. The van der Waals surface area contributed by atoms with Crippen molar-refractivity contribution in [2.24, 2.45) is 0 Å². The van der Waals surface area contributed by atoms with Gasteiger partial charge in [-0.3, -0.25) is 14.5 Å². The Labute approximate surface area is 181 Å². The molecule has 1 unspecified atom stereocenters. The summed E-state index contributed by atoms with van der Waals surface area (Å²) in [6.07, 6.45) is 4.44. The second-order valence-electron chi connectivity index (χ2n) is 8.13. The Morgan fingerprint density at radius 3 is 2.73 bits per heavy atom. The topological polar surface area (TPSA) is 70.2 Å². The van der Waals surface area contributed by atoms with Crippen molar-refractivity contribution in [1.82, 2.24) is 9.80 Å². The van der Waals surface area contributed by atoms with E-state index in [1.807, 2.05) is 34.1 Å². The maximum Gasteiger partial charge on any atom is 0.410 e. The van der Waals surface area contributed by atoms with Gasteiger partial charge in [0.05, 0.1) is 17.5 Å². The van der Waals surface area contributed by atoms with E-state index in [0.717, 1.165) is 42.7 Å². The van der Waals surface area contributed by atoms with E-state index in [9.17, 15) is 14.4 Å². The highest BCUT2D eigenvalue weighted by Gasteiger charge is 2.39. The van der Waals surface area contributed by atoms with Gasteiger partial charge in [-0.25, -0.2) is 4.79 Å². The van der Waals surface area contributed by atoms with Gasteiger partial charge in [0.2, 0.25) is 11.8 Å². The highest BCUT2D eigenvalue weighted by molar-refractivity contribution is 8.00. The number of benzene rings is 1. The van der Waals surface area contributed by atoms with E-state index in [1.54, 1.807) is 4.90 Å². The fourth-order valence-corrected chi connectivity index (χ4v) is 5.47. The van der Waals surface area contributed by atoms with E-state index < -0.39 is 0 Å². The number of thioether (sulfide) groups is 1. The van der Waals surface area contributed by atoms with E-state index in [1.165, 1.54) is 11.8 Å². The van der Waals surface area contributed by atoms with Crippen LogP contribution in [0.15, 0.2) is 29.2 Å². The van der Waals surface area contributed by atoms with E-state index >= 15 is 0 Å². The number of unbranched alkanes of at least 4 members (excludes halogenated alkanes) is 1. The second-order valence-corrected chi connectivity index (χ2v) is 9.15. The smallest absolute Gasteiger partial charge is 0.410 e. The van der Waals surface area contributed by atoms with Crippen molar-refractivity contribution >= 4 is 35.4 Å². The van der Waals surface area contributed by atoms with Crippen LogP contribution in [-0.2, 0) is 14.3 Å². The molecule has 0 aliphatic carbocycles. The molecule has 3 amide bonds. The molecule has 0 saturated carbocycles. The van der Waals surface area contributed by atoms with Crippen LogP contribution in [-0.4, -0.2) is 71.8 Å². The van der Waals surface area contributed by atoms with Crippen molar-refractivity contribution < 1.29 is 19.1 Å². The molecule has 1 atom stereocenters. The van der Waals surface area contributed by atoms with E-state index in [2.05, 4.69) is 6.92 Å². The summed E-state index contributed by atoms with van der Waals surface area (Å²) in [7, 11) is 0. The Bertz CT molecular complexity index is 809. The summed E-state index contributed by atoms with van der Waals surface area (Å²) in [6, 6.07) is 8.01. The van der Waals surface area contributed by atoms with Gasteiger partial charge >= 0.3 is 6.09 Å². The summed E-state index contributed by atoms with van der Waals surface area (Å²) in [5.41, 5.74) is 0.820. The molecule has 0 aromatic heterocycles. The van der Waals surface area contributed by atoms with Crippen LogP contribution in [0.25, 0.3) is 0 Å². The number of hydrogen-bond acceptors (Lipinski definition) is 5. The van der Waals surface area contributed by atoms with Crippen molar-refractivity contribution in [2.75, 3.05) is 36.9 Å². The number of amides is 3. The minimum absolute atomic E-state index is 0.0273. The van der Waals surface area contributed by atoms with Crippen LogP contribution in [0.4, 0.5) is 10.5 Å². The van der Waals surface area contributed by atoms with Crippen molar-refractivity contribution in [3.63, 3.8) is 0 Å². The molecule has 4 rings (SSSR count). The number of piperidine rings is 1. The number of carbonyl (C=O) groups is 3. The van der Waals surface area contributed by atoms with E-state index in [-0.39, 0.29) is 36.5 Å². The van der Waals surface area contributed by atoms with Crippen LogP contribution in [0, 0.1) is 0 Å². The zero-order valence-electron chi connectivity index (χ0n) is 17.4. The average Bonchev–Trinajstić information content (AvgIpc) is 3.14. The minimum Gasteiger partial charge on any atom is -0.447 e. The molecule has 0 spiro atoms. The molecule has 0 bridgehead atoms. The number of carbonyl (C=O) groups excluding carboxylic acids is 3. The molecule has 1 aromatic carbocycles. The van der Waals surface area contributed by atoms with Crippen LogP contribution >= 0.6 is 11.8 Å². The van der Waals surface area contributed by atoms with Gasteiger partial charge in [-0.15, -0.1) is 11.8 Å². The van der Waals surface area contributed by atoms with Crippen LogP contribution in [0.5, 0.6) is 0 Å². The lowest BCUT2D eigenvalue weighted by Crippen LogP contribution is -2.52. The maximum atomic E-state index is 12.9. The van der Waals surface area contributed by atoms with Gasteiger partial charge < -0.3 is 14.5 Å². The lowest BCUT2D eigenvalue weighted by atomic mass is 10.00. The molecule has 0 radical (unpaired) electrons. The highest BCUT2D eigenvalue weighted by atomic mass is 32.2. The first-order valence-electron chi connectivity index (χ1n) is 10.8. The SMILES string of the molecule is CCCCC1COC(=O)N1C1CCN(C(=O)CN2C(=O)CSc3ccccc32)CC1. The molecule has 3 aliphatic rings. The lowest BCUT2D eigenvalue weighted by molar-refractivity contribution is -0.132. The lowest BCUT2D eigenvalue weighted by Gasteiger charge is -2.38. The van der Waals surface area contributed by atoms with Crippen LogP contribution in [0.1, 0.15) is 39.0 Å². The average molecular weight is 432 g/mol. The van der Waals surface area contributed by atoms with Gasteiger partial charge in [-0.2, -0.15) is 0 Å². The summed E-state index contributed by atoms with van der Waals surface area (Å²) in [6.45, 7) is 3.91. The van der Waals surface area contributed by atoms with Gasteiger partial charge in [-0.1, -0.05) is 31.9 Å². The molecule has 3 aliphatic heterocycles. The third-order valence-corrected chi connectivity index (χ3v) is 7.25. The highest BCUT2D eigenvalue weighted by Crippen LogP contribution is 2.35. The van der Waals surface area contributed by atoms with Crippen LogP contribution in [0.3, 0.4) is 0 Å². The normalized spacial score (nSPS) is 22.3. The van der Waals surface area contributed by atoms with E-state index in [4.69, 9.17) is 4.74 Å². The number of para-hydroxylation sites is 1. The van der Waals surface area contributed by atoms with Gasteiger partial charge in [0.25, 0.3) is 0 Å². The number of fused-ring (bicyclic) bond motifs is 1. The number of likely N-dealkylation sites (tertiary alicyclic amines) is 1. The van der Waals surface area contributed by atoms with Gasteiger partial charge in [0, 0.05) is 24.0 Å². The minimum atomic E-state index is -0.214. The second kappa shape index (κ2) is 9.29. The fraction of sp³-hybridized carbons (Fsp3) is 0.591. The third kappa shape index (κ3) is 4.29. The standard InChI is InChI=1S/C22H29N3O4S/c1-2-3-6-17-14-29-22(28)25(17)16-9-11-23(12-10-16)20(26)13-24-18-7-4-5-8-19(18)30-15-21(24)27/h4-5,7-8,16-17H,2-3,6,9-15H2,1H3. The zero-order valence-corrected chi connectivity index (χ0v) is 18.2. The van der Waals surface area contributed by atoms with Gasteiger partial charge in [-0.05, 0) is 31.4 Å². The Morgan fingerprint density at radius 1 is 1.20 bits per heavy atom. The Balaban J connectivity index is 1.35. The van der Waals surface area contributed by atoms with Crippen LogP contribution < -0.4 is 4.90 Å². The third-order valence-electron chi connectivity index (χ3n) is 6.21. The number of ether oxygens (including phenoxy) is 1. The summed E-state index contributed by atoms with van der Waals surface area (Å²) >= 11 is 1.52. The Kier molecular flexibility index (Phi) is 6.51. The number of rotatable bonds is 6. The molecule has 7 nitrogen and oxygen atoms in total. The number of cyclic esters (lactones) is 1. The molecule has 2 fully saturated rings. The maximum absolute atomic E-state index is 12.9. The quantitative estimate of drug-likeness (QED) is 0.692.